The summed E-state index contributed by atoms with van der Waals surface area (Å²) in [7, 11) is 0. The molecule has 2 bridgehead atoms. The Morgan fingerprint density at radius 3 is 2.20 bits per heavy atom. The second-order valence-electron chi connectivity index (χ2n) is 10.0. The number of carboxylic acid groups (broad SMARTS) is 1. The van der Waals surface area contributed by atoms with Crippen molar-refractivity contribution in [1.82, 2.24) is 31.9 Å². The minimum Gasteiger partial charge on any atom is -0.481 e. The number of guanidine groups is 1. The average molecular weight is 568 g/mol. The van der Waals surface area contributed by atoms with Gasteiger partial charge in [-0.15, -0.1) is 0 Å². The molecule has 16 nitrogen and oxygen atoms in total. The number of rotatable bonds is 10. The van der Waals surface area contributed by atoms with E-state index in [9.17, 15) is 33.9 Å². The van der Waals surface area contributed by atoms with Crippen LogP contribution < -0.4 is 43.4 Å². The van der Waals surface area contributed by atoms with Crippen molar-refractivity contribution in [3.63, 3.8) is 0 Å². The van der Waals surface area contributed by atoms with Crippen molar-refractivity contribution in [2.45, 2.75) is 82.0 Å². The molecule has 0 unspecified atom stereocenters. The van der Waals surface area contributed by atoms with Crippen LogP contribution in [0.15, 0.2) is 0 Å². The van der Waals surface area contributed by atoms with Gasteiger partial charge >= 0.3 is 5.97 Å². The number of fused-ring (bicyclic) bond motifs is 2. The fraction of sp³-hybridized carbons (Fsp3) is 0.708. The average Bonchev–Trinajstić information content (AvgIpc) is 3.35. The minimum absolute atomic E-state index is 0.122. The Morgan fingerprint density at radius 2 is 1.52 bits per heavy atom. The molecule has 0 spiro atoms. The molecular weight excluding hydrogens is 526 g/mol. The van der Waals surface area contributed by atoms with Crippen molar-refractivity contribution < 1.29 is 33.9 Å². The van der Waals surface area contributed by atoms with E-state index >= 15 is 0 Å². The van der Waals surface area contributed by atoms with E-state index < -0.39 is 72.6 Å². The van der Waals surface area contributed by atoms with E-state index in [4.69, 9.17) is 16.9 Å². The van der Waals surface area contributed by atoms with Crippen LogP contribution in [0.2, 0.25) is 0 Å². The second kappa shape index (κ2) is 16.2. The zero-order valence-corrected chi connectivity index (χ0v) is 22.4. The largest absolute Gasteiger partial charge is 0.481 e. The number of hydrogen-bond acceptors (Lipinski definition) is 8. The van der Waals surface area contributed by atoms with Gasteiger partial charge in [-0.05, 0) is 57.9 Å². The summed E-state index contributed by atoms with van der Waals surface area (Å²) in [4.78, 5) is 75.9. The molecule has 5 atom stereocenters. The molecule has 224 valence electrons. The SMILES string of the molecule is N=C(N)NCCC[C@@H]1NC(=O)[C@H](CCCCN)NC(=O)[C@H]2CC[C@H](C2)NC(=O)[C@H](CC(=O)O)NC(=O)CNC1=O. The monoisotopic (exact) mass is 567 g/mol. The lowest BCUT2D eigenvalue weighted by molar-refractivity contribution is -0.141. The Hall–Kier alpha value is -3.95. The van der Waals surface area contributed by atoms with Gasteiger partial charge in [-0.1, -0.05) is 0 Å². The van der Waals surface area contributed by atoms with E-state index in [1.165, 1.54) is 0 Å². The lowest BCUT2D eigenvalue weighted by atomic mass is 10.0. The second-order valence-corrected chi connectivity index (χ2v) is 10.0. The van der Waals surface area contributed by atoms with Gasteiger partial charge < -0.3 is 48.5 Å². The molecular formula is C24H41N9O7. The smallest absolute Gasteiger partial charge is 0.305 e. The molecule has 2 fully saturated rings. The van der Waals surface area contributed by atoms with Gasteiger partial charge in [0, 0.05) is 18.5 Å². The summed E-state index contributed by atoms with van der Waals surface area (Å²) in [6.07, 6.45) is 2.46. The molecule has 16 heteroatoms. The Bertz CT molecular complexity index is 961. The van der Waals surface area contributed by atoms with E-state index in [1.54, 1.807) is 0 Å². The highest BCUT2D eigenvalue weighted by Gasteiger charge is 2.35. The van der Waals surface area contributed by atoms with Gasteiger partial charge in [0.1, 0.15) is 18.1 Å². The minimum atomic E-state index is -1.38. The number of amides is 5. The third-order valence-electron chi connectivity index (χ3n) is 6.80. The van der Waals surface area contributed by atoms with Crippen molar-refractivity contribution in [2.75, 3.05) is 19.6 Å². The number of unbranched alkanes of at least 4 members (excludes halogenated alkanes) is 1. The highest BCUT2D eigenvalue weighted by molar-refractivity contribution is 5.95. The van der Waals surface area contributed by atoms with E-state index in [-0.39, 0.29) is 31.3 Å². The maximum Gasteiger partial charge on any atom is 0.305 e. The molecule has 2 rings (SSSR count). The van der Waals surface area contributed by atoms with Crippen molar-refractivity contribution in [3.8, 4) is 0 Å². The van der Waals surface area contributed by atoms with Crippen LogP contribution in [-0.4, -0.2) is 90.4 Å². The molecule has 1 saturated carbocycles. The normalized spacial score (nSPS) is 26.4. The summed E-state index contributed by atoms with van der Waals surface area (Å²) in [5, 5.41) is 32.0. The standard InChI is InChI=1S/C24H41N9O7/c25-8-2-1-4-16-22(39)33-15(5-3-9-28-24(26)27)21(38)29-12-18(34)31-17(11-19(35)36)23(40)30-14-7-6-13(10-14)20(37)32-16/h13-17H,1-12,25H2,(H,29,38)(H,30,40)(H,31,34)(H,32,37)(H,33,39)(H,35,36)(H4,26,27,28)/t13-,14+,15-,16-,17-/m0/s1. The van der Waals surface area contributed by atoms with Crippen LogP contribution in [0, 0.1) is 11.3 Å². The van der Waals surface area contributed by atoms with Crippen LogP contribution in [-0.2, 0) is 28.8 Å². The predicted octanol–water partition coefficient (Wildman–Crippen LogP) is -3.28. The van der Waals surface area contributed by atoms with Gasteiger partial charge in [0.25, 0.3) is 0 Å². The molecule has 5 amide bonds. The molecule has 0 aromatic carbocycles. The number of nitrogens with two attached hydrogens (primary N) is 2. The Kier molecular flexibility index (Phi) is 13.1. The highest BCUT2D eigenvalue weighted by Crippen LogP contribution is 2.26. The Balaban J connectivity index is 2.28. The van der Waals surface area contributed by atoms with E-state index in [0.29, 0.717) is 45.1 Å². The van der Waals surface area contributed by atoms with E-state index in [0.717, 1.165) is 0 Å². The van der Waals surface area contributed by atoms with E-state index in [2.05, 4.69) is 31.9 Å². The van der Waals surface area contributed by atoms with Gasteiger partial charge in [-0.25, -0.2) is 0 Å². The number of carboxylic acids is 1. The summed E-state index contributed by atoms with van der Waals surface area (Å²) in [6, 6.07) is -3.82. The van der Waals surface area contributed by atoms with Crippen LogP contribution >= 0.6 is 0 Å². The molecule has 12 N–H and O–H groups in total. The molecule has 0 radical (unpaired) electrons. The van der Waals surface area contributed by atoms with Crippen molar-refractivity contribution in [3.05, 3.63) is 0 Å². The fourth-order valence-electron chi connectivity index (χ4n) is 4.69. The topological polar surface area (TPSA) is 271 Å². The molecule has 40 heavy (non-hydrogen) atoms. The molecule has 0 aromatic rings. The molecule has 1 aliphatic carbocycles. The third kappa shape index (κ3) is 11.0. The molecule has 1 saturated heterocycles. The zero-order chi connectivity index (χ0) is 29.7. The van der Waals surface area contributed by atoms with Crippen LogP contribution in [0.5, 0.6) is 0 Å². The lowest BCUT2D eigenvalue weighted by Crippen LogP contribution is -2.55. The summed E-state index contributed by atoms with van der Waals surface area (Å²) in [6.45, 7) is 0.0921. The van der Waals surface area contributed by atoms with Crippen LogP contribution in [0.25, 0.3) is 0 Å². The van der Waals surface area contributed by atoms with Crippen molar-refractivity contribution >= 4 is 41.5 Å². The van der Waals surface area contributed by atoms with Gasteiger partial charge in [-0.3, -0.25) is 34.2 Å². The number of nitrogens with one attached hydrogen (secondary N) is 7. The fourth-order valence-corrected chi connectivity index (χ4v) is 4.69. The Labute approximate surface area is 232 Å². The first-order chi connectivity index (χ1) is 19.0. The van der Waals surface area contributed by atoms with Crippen molar-refractivity contribution in [1.29, 1.82) is 5.41 Å². The molecule has 2 aliphatic rings. The summed E-state index contributed by atoms with van der Waals surface area (Å²) in [5.74, 6) is -5.17. The first-order valence-electron chi connectivity index (χ1n) is 13.5. The molecule has 1 heterocycles. The predicted molar refractivity (Wildman–Crippen MR) is 142 cm³/mol. The number of carbonyl (C=O) groups is 6. The van der Waals surface area contributed by atoms with E-state index in [1.807, 2.05) is 0 Å². The maximum atomic E-state index is 13.3. The number of hydrogen-bond donors (Lipinski definition) is 10. The summed E-state index contributed by atoms with van der Waals surface area (Å²) < 4.78 is 0. The zero-order valence-electron chi connectivity index (χ0n) is 22.4. The number of carbonyl (C=O) groups excluding carboxylic acids is 5. The molecule has 0 aromatic heterocycles. The maximum absolute atomic E-state index is 13.3. The van der Waals surface area contributed by atoms with Crippen LogP contribution in [0.4, 0.5) is 0 Å². The number of aliphatic carboxylic acids is 1. The summed E-state index contributed by atoms with van der Waals surface area (Å²) >= 11 is 0. The van der Waals surface area contributed by atoms with Crippen LogP contribution in [0.1, 0.15) is 57.8 Å². The lowest BCUT2D eigenvalue weighted by Gasteiger charge is -2.24. The quantitative estimate of drug-likeness (QED) is 0.0714. The first kappa shape index (κ1) is 32.3. The van der Waals surface area contributed by atoms with Gasteiger partial charge in [0.15, 0.2) is 5.96 Å². The third-order valence-corrected chi connectivity index (χ3v) is 6.80. The van der Waals surface area contributed by atoms with Crippen molar-refractivity contribution in [2.24, 2.45) is 17.4 Å². The molecule has 1 aliphatic heterocycles. The van der Waals surface area contributed by atoms with Gasteiger partial charge in [0.05, 0.1) is 13.0 Å². The van der Waals surface area contributed by atoms with Crippen LogP contribution in [0.3, 0.4) is 0 Å². The van der Waals surface area contributed by atoms with Gasteiger partial charge in [0.2, 0.25) is 29.5 Å². The highest BCUT2D eigenvalue weighted by atomic mass is 16.4. The van der Waals surface area contributed by atoms with Gasteiger partial charge in [-0.2, -0.15) is 0 Å². The first-order valence-corrected chi connectivity index (χ1v) is 13.5. The Morgan fingerprint density at radius 1 is 0.875 bits per heavy atom. The summed E-state index contributed by atoms with van der Waals surface area (Å²) in [5.41, 5.74) is 10.9.